The van der Waals surface area contributed by atoms with Crippen LogP contribution < -0.4 is 5.32 Å². The van der Waals surface area contributed by atoms with Crippen LogP contribution in [-0.2, 0) is 19.4 Å². The molecular weight excluding hydrogens is 238 g/mol. The van der Waals surface area contributed by atoms with Gasteiger partial charge in [0.1, 0.15) is 5.76 Å². The predicted octanol–water partition coefficient (Wildman–Crippen LogP) is 2.64. The summed E-state index contributed by atoms with van der Waals surface area (Å²) in [6.07, 6.45) is 4.87. The molecule has 0 radical (unpaired) electrons. The molecule has 0 spiro atoms. The van der Waals surface area contributed by atoms with Crippen molar-refractivity contribution in [3.8, 4) is 11.4 Å². The highest BCUT2D eigenvalue weighted by molar-refractivity contribution is 5.58. The van der Waals surface area contributed by atoms with Crippen molar-refractivity contribution in [2.75, 3.05) is 6.54 Å². The molecular formula is C15H19N3O. The van der Waals surface area contributed by atoms with Crippen molar-refractivity contribution in [1.29, 1.82) is 0 Å². The van der Waals surface area contributed by atoms with Gasteiger partial charge in [-0.1, -0.05) is 13.3 Å². The standard InChI is InChI=1S/C15H19N3O/c1-3-4-13-12-5-7-16-9-14(12)18-15(17-13)11-6-8-19-10(11)2/h6,8,16H,3-5,7,9H2,1-2H3. The molecule has 2 aromatic rings. The number of aryl methyl sites for hydroxylation is 2. The van der Waals surface area contributed by atoms with Gasteiger partial charge in [0.15, 0.2) is 5.82 Å². The predicted molar refractivity (Wildman–Crippen MR) is 73.9 cm³/mol. The maximum atomic E-state index is 5.37. The molecule has 0 aromatic carbocycles. The second kappa shape index (κ2) is 5.13. The van der Waals surface area contributed by atoms with Crippen LogP contribution in [0.3, 0.4) is 0 Å². The summed E-state index contributed by atoms with van der Waals surface area (Å²) < 4.78 is 5.37. The van der Waals surface area contributed by atoms with E-state index in [2.05, 4.69) is 12.2 Å². The molecule has 0 fully saturated rings. The molecule has 4 heteroatoms. The molecule has 0 amide bonds. The number of nitrogens with zero attached hydrogens (tertiary/aromatic N) is 2. The Labute approximate surface area is 113 Å². The Bertz CT molecular complexity index is 589. The fraction of sp³-hybridized carbons (Fsp3) is 0.467. The smallest absolute Gasteiger partial charge is 0.163 e. The molecule has 0 saturated heterocycles. The number of hydrogen-bond donors (Lipinski definition) is 1. The van der Waals surface area contributed by atoms with Crippen molar-refractivity contribution < 1.29 is 4.42 Å². The van der Waals surface area contributed by atoms with Crippen molar-refractivity contribution in [3.05, 3.63) is 35.0 Å². The van der Waals surface area contributed by atoms with Crippen LogP contribution in [0.1, 0.15) is 36.1 Å². The molecule has 1 N–H and O–H groups in total. The Morgan fingerprint density at radius 3 is 3.00 bits per heavy atom. The first kappa shape index (κ1) is 12.4. The average Bonchev–Trinajstić information content (AvgIpc) is 2.85. The topological polar surface area (TPSA) is 51.0 Å². The largest absolute Gasteiger partial charge is 0.469 e. The number of rotatable bonds is 3. The van der Waals surface area contributed by atoms with E-state index in [9.17, 15) is 0 Å². The minimum absolute atomic E-state index is 0.803. The molecule has 0 bridgehead atoms. The number of aromatic nitrogens is 2. The van der Waals surface area contributed by atoms with Crippen LogP contribution >= 0.6 is 0 Å². The zero-order chi connectivity index (χ0) is 13.2. The minimum Gasteiger partial charge on any atom is -0.469 e. The van der Waals surface area contributed by atoms with Gasteiger partial charge >= 0.3 is 0 Å². The van der Waals surface area contributed by atoms with E-state index < -0.39 is 0 Å². The Balaban J connectivity index is 2.11. The highest BCUT2D eigenvalue weighted by Gasteiger charge is 2.18. The van der Waals surface area contributed by atoms with Crippen LogP contribution in [0, 0.1) is 6.92 Å². The lowest BCUT2D eigenvalue weighted by molar-refractivity contribution is 0.535. The van der Waals surface area contributed by atoms with E-state index in [-0.39, 0.29) is 0 Å². The van der Waals surface area contributed by atoms with Crippen LogP contribution in [-0.4, -0.2) is 16.5 Å². The molecule has 4 nitrogen and oxygen atoms in total. The second-order valence-corrected chi connectivity index (χ2v) is 4.99. The SMILES string of the molecule is CCCc1nc(-c2ccoc2C)nc2c1CCNC2. The van der Waals surface area contributed by atoms with Crippen LogP contribution in [0.15, 0.2) is 16.7 Å². The zero-order valence-corrected chi connectivity index (χ0v) is 11.5. The molecule has 3 rings (SSSR count). The van der Waals surface area contributed by atoms with Gasteiger partial charge < -0.3 is 9.73 Å². The summed E-state index contributed by atoms with van der Waals surface area (Å²) in [6.45, 7) is 6.02. The van der Waals surface area contributed by atoms with Gasteiger partial charge in [0.2, 0.25) is 0 Å². The van der Waals surface area contributed by atoms with Gasteiger partial charge in [-0.25, -0.2) is 9.97 Å². The second-order valence-electron chi connectivity index (χ2n) is 4.99. The number of hydrogen-bond acceptors (Lipinski definition) is 4. The molecule has 1 aliphatic heterocycles. The van der Waals surface area contributed by atoms with E-state index in [1.807, 2.05) is 13.0 Å². The molecule has 0 saturated carbocycles. The summed E-state index contributed by atoms with van der Waals surface area (Å²) in [6, 6.07) is 1.95. The summed E-state index contributed by atoms with van der Waals surface area (Å²) in [5.74, 6) is 1.68. The third-order valence-corrected chi connectivity index (χ3v) is 3.61. The van der Waals surface area contributed by atoms with Gasteiger partial charge in [-0.05, 0) is 37.9 Å². The van der Waals surface area contributed by atoms with Gasteiger partial charge in [0, 0.05) is 12.2 Å². The molecule has 0 atom stereocenters. The van der Waals surface area contributed by atoms with Gasteiger partial charge in [0.05, 0.1) is 17.5 Å². The quantitative estimate of drug-likeness (QED) is 0.918. The van der Waals surface area contributed by atoms with Crippen molar-refractivity contribution >= 4 is 0 Å². The summed E-state index contributed by atoms with van der Waals surface area (Å²) in [5, 5.41) is 3.38. The first-order valence-electron chi connectivity index (χ1n) is 6.93. The van der Waals surface area contributed by atoms with Crippen molar-refractivity contribution in [2.24, 2.45) is 0 Å². The maximum Gasteiger partial charge on any atom is 0.163 e. The van der Waals surface area contributed by atoms with E-state index in [1.54, 1.807) is 6.26 Å². The van der Waals surface area contributed by atoms with Crippen LogP contribution in [0.2, 0.25) is 0 Å². The zero-order valence-electron chi connectivity index (χ0n) is 11.5. The Kier molecular flexibility index (Phi) is 3.34. The third kappa shape index (κ3) is 2.28. The van der Waals surface area contributed by atoms with Gasteiger partial charge in [-0.3, -0.25) is 0 Å². The molecule has 3 heterocycles. The first-order chi connectivity index (χ1) is 9.29. The minimum atomic E-state index is 0.803. The van der Waals surface area contributed by atoms with E-state index in [0.29, 0.717) is 0 Å². The first-order valence-corrected chi connectivity index (χ1v) is 6.93. The van der Waals surface area contributed by atoms with Crippen LogP contribution in [0.4, 0.5) is 0 Å². The third-order valence-electron chi connectivity index (χ3n) is 3.61. The van der Waals surface area contributed by atoms with Crippen molar-refractivity contribution in [2.45, 2.75) is 39.7 Å². The van der Waals surface area contributed by atoms with Gasteiger partial charge in [-0.2, -0.15) is 0 Å². The fourth-order valence-electron chi connectivity index (χ4n) is 2.62. The highest BCUT2D eigenvalue weighted by Crippen LogP contribution is 2.25. The van der Waals surface area contributed by atoms with Crippen molar-refractivity contribution in [1.82, 2.24) is 15.3 Å². The Morgan fingerprint density at radius 2 is 2.26 bits per heavy atom. The van der Waals surface area contributed by atoms with E-state index >= 15 is 0 Å². The highest BCUT2D eigenvalue weighted by atomic mass is 16.3. The number of fused-ring (bicyclic) bond motifs is 1. The molecule has 1 aliphatic rings. The molecule has 0 aliphatic carbocycles. The lowest BCUT2D eigenvalue weighted by atomic mass is 10.0. The normalized spacial score (nSPS) is 14.4. The summed E-state index contributed by atoms with van der Waals surface area (Å²) in [5.41, 5.74) is 4.72. The molecule has 0 unspecified atom stereocenters. The van der Waals surface area contributed by atoms with E-state index in [0.717, 1.165) is 55.2 Å². The Hall–Kier alpha value is -1.68. The van der Waals surface area contributed by atoms with Crippen LogP contribution in [0.5, 0.6) is 0 Å². The molecule has 19 heavy (non-hydrogen) atoms. The van der Waals surface area contributed by atoms with E-state index in [1.165, 1.54) is 11.3 Å². The van der Waals surface area contributed by atoms with Gasteiger partial charge in [-0.15, -0.1) is 0 Å². The number of furan rings is 1. The van der Waals surface area contributed by atoms with E-state index in [4.69, 9.17) is 14.4 Å². The van der Waals surface area contributed by atoms with Gasteiger partial charge in [0.25, 0.3) is 0 Å². The Morgan fingerprint density at radius 1 is 1.37 bits per heavy atom. The summed E-state index contributed by atoms with van der Waals surface area (Å²) >= 11 is 0. The molecule has 100 valence electrons. The summed E-state index contributed by atoms with van der Waals surface area (Å²) in [4.78, 5) is 9.51. The maximum absolute atomic E-state index is 5.37. The lowest BCUT2D eigenvalue weighted by Gasteiger charge is -2.19. The molecule has 2 aromatic heterocycles. The lowest BCUT2D eigenvalue weighted by Crippen LogP contribution is -2.26. The number of nitrogens with one attached hydrogen (secondary N) is 1. The average molecular weight is 257 g/mol. The summed E-state index contributed by atoms with van der Waals surface area (Å²) in [7, 11) is 0. The fourth-order valence-corrected chi connectivity index (χ4v) is 2.62. The monoisotopic (exact) mass is 257 g/mol. The van der Waals surface area contributed by atoms with Crippen molar-refractivity contribution in [3.63, 3.8) is 0 Å². The van der Waals surface area contributed by atoms with Crippen LogP contribution in [0.25, 0.3) is 11.4 Å².